The van der Waals surface area contributed by atoms with Gasteiger partial charge in [-0.25, -0.2) is 4.39 Å². The minimum absolute atomic E-state index is 0.0206. The molecular weight excluding hydrogens is 151 g/mol. The van der Waals surface area contributed by atoms with Crippen molar-refractivity contribution in [1.29, 1.82) is 0 Å². The van der Waals surface area contributed by atoms with Crippen LogP contribution in [0.2, 0.25) is 0 Å². The number of hydrogen-bond donors (Lipinski definition) is 0. The van der Waals surface area contributed by atoms with Crippen molar-refractivity contribution in [2.24, 2.45) is 0 Å². The molecule has 1 aliphatic rings. The Morgan fingerprint density at radius 1 is 1.17 bits per heavy atom. The maximum absolute atomic E-state index is 12.3. The Balaban J connectivity index is 0.000000354. The van der Waals surface area contributed by atoms with Crippen molar-refractivity contribution in [3.05, 3.63) is 23.6 Å². The molecule has 0 aliphatic heterocycles. The minimum atomic E-state index is 0.0206. The second-order valence-corrected chi connectivity index (χ2v) is 3.00. The molecule has 12 heavy (non-hydrogen) atoms. The fourth-order valence-corrected chi connectivity index (χ4v) is 0.950. The Kier molecular flexibility index (Phi) is 6.73. The predicted octanol–water partition coefficient (Wildman–Crippen LogP) is 4.39. The molecule has 0 N–H and O–H groups in total. The predicted molar refractivity (Wildman–Crippen MR) is 52.8 cm³/mol. The Hall–Kier alpha value is -0.590. The summed E-state index contributed by atoms with van der Waals surface area (Å²) in [5.41, 5.74) is 1.36. The van der Waals surface area contributed by atoms with Gasteiger partial charge >= 0.3 is 0 Å². The van der Waals surface area contributed by atoms with E-state index in [2.05, 4.69) is 20.8 Å². The lowest BCUT2D eigenvalue weighted by Gasteiger charge is -2.06. The second-order valence-electron chi connectivity index (χ2n) is 3.00. The van der Waals surface area contributed by atoms with Crippen LogP contribution < -0.4 is 0 Å². The first-order chi connectivity index (χ1) is 5.74. The summed E-state index contributed by atoms with van der Waals surface area (Å²) in [4.78, 5) is 0. The van der Waals surface area contributed by atoms with Gasteiger partial charge in [0.1, 0.15) is 5.83 Å². The average molecular weight is 170 g/mol. The van der Waals surface area contributed by atoms with Gasteiger partial charge < -0.3 is 0 Å². The average Bonchev–Trinajstić information content (AvgIpc) is 2.07. The SMILES string of the molecule is CCC.CCC1=CC=C(F)CC1. The highest BCUT2D eigenvalue weighted by molar-refractivity contribution is 5.20. The van der Waals surface area contributed by atoms with E-state index in [1.165, 1.54) is 12.0 Å². The third-order valence-electron chi connectivity index (χ3n) is 1.64. The summed E-state index contributed by atoms with van der Waals surface area (Å²) in [6.45, 7) is 6.35. The van der Waals surface area contributed by atoms with Crippen LogP contribution in [0.1, 0.15) is 46.5 Å². The van der Waals surface area contributed by atoms with Crippen LogP contribution in [-0.2, 0) is 0 Å². The van der Waals surface area contributed by atoms with Gasteiger partial charge in [-0.1, -0.05) is 38.8 Å². The normalized spacial score (nSPS) is 15.7. The van der Waals surface area contributed by atoms with E-state index in [1.807, 2.05) is 6.08 Å². The Morgan fingerprint density at radius 2 is 1.75 bits per heavy atom. The fourth-order valence-electron chi connectivity index (χ4n) is 0.950. The smallest absolute Gasteiger partial charge is 0.100 e. The molecule has 0 nitrogen and oxygen atoms in total. The third-order valence-corrected chi connectivity index (χ3v) is 1.64. The molecule has 0 saturated carbocycles. The summed E-state index contributed by atoms with van der Waals surface area (Å²) in [5, 5.41) is 0. The molecule has 0 fully saturated rings. The lowest BCUT2D eigenvalue weighted by molar-refractivity contribution is 0.579. The first-order valence-electron chi connectivity index (χ1n) is 4.78. The van der Waals surface area contributed by atoms with Crippen LogP contribution in [0.3, 0.4) is 0 Å². The highest BCUT2D eigenvalue weighted by Crippen LogP contribution is 2.20. The molecule has 0 heterocycles. The first kappa shape index (κ1) is 11.4. The molecule has 0 aromatic rings. The van der Waals surface area contributed by atoms with E-state index in [0.717, 1.165) is 12.8 Å². The van der Waals surface area contributed by atoms with Crippen molar-refractivity contribution < 1.29 is 4.39 Å². The molecule has 0 atom stereocenters. The molecule has 0 spiro atoms. The third kappa shape index (κ3) is 5.11. The molecule has 0 saturated heterocycles. The van der Waals surface area contributed by atoms with E-state index in [4.69, 9.17) is 0 Å². The topological polar surface area (TPSA) is 0 Å². The van der Waals surface area contributed by atoms with Gasteiger partial charge in [0, 0.05) is 6.42 Å². The lowest BCUT2D eigenvalue weighted by Crippen LogP contribution is -1.87. The number of allylic oxidation sites excluding steroid dienone is 4. The van der Waals surface area contributed by atoms with Crippen molar-refractivity contribution in [2.45, 2.75) is 46.5 Å². The van der Waals surface area contributed by atoms with Gasteiger partial charge in [0.15, 0.2) is 0 Å². The summed E-state index contributed by atoms with van der Waals surface area (Å²) < 4.78 is 12.3. The quantitative estimate of drug-likeness (QED) is 0.547. The molecule has 0 unspecified atom stereocenters. The van der Waals surface area contributed by atoms with Crippen LogP contribution in [0, 0.1) is 0 Å². The van der Waals surface area contributed by atoms with Crippen molar-refractivity contribution in [2.75, 3.05) is 0 Å². The van der Waals surface area contributed by atoms with Crippen LogP contribution in [0.4, 0.5) is 4.39 Å². The second kappa shape index (κ2) is 7.08. The van der Waals surface area contributed by atoms with Gasteiger partial charge in [0.05, 0.1) is 0 Å². The molecule has 1 heteroatoms. The standard InChI is InChI=1S/C8H11F.C3H8/c1-2-7-3-5-8(9)6-4-7;1-3-2/h3,5H,2,4,6H2,1H3;3H2,1-2H3. The van der Waals surface area contributed by atoms with Crippen LogP contribution >= 0.6 is 0 Å². The van der Waals surface area contributed by atoms with E-state index < -0.39 is 0 Å². The fraction of sp³-hybridized carbons (Fsp3) is 0.636. The van der Waals surface area contributed by atoms with Crippen LogP contribution in [0.25, 0.3) is 0 Å². The molecule has 0 amide bonds. The Morgan fingerprint density at radius 3 is 2.08 bits per heavy atom. The molecule has 70 valence electrons. The zero-order valence-electron chi connectivity index (χ0n) is 8.36. The minimum Gasteiger partial charge on any atom is -0.212 e. The van der Waals surface area contributed by atoms with Crippen LogP contribution in [0.5, 0.6) is 0 Å². The molecule has 0 radical (unpaired) electrons. The largest absolute Gasteiger partial charge is 0.212 e. The lowest BCUT2D eigenvalue weighted by atomic mass is 10.0. The van der Waals surface area contributed by atoms with E-state index in [9.17, 15) is 4.39 Å². The van der Waals surface area contributed by atoms with E-state index in [1.54, 1.807) is 6.08 Å². The van der Waals surface area contributed by atoms with Gasteiger partial charge in [-0.15, -0.1) is 0 Å². The molecule has 1 aliphatic carbocycles. The maximum atomic E-state index is 12.3. The van der Waals surface area contributed by atoms with E-state index >= 15 is 0 Å². The first-order valence-corrected chi connectivity index (χ1v) is 4.78. The Bertz CT molecular complexity index is 166. The van der Waals surface area contributed by atoms with Crippen LogP contribution in [-0.4, -0.2) is 0 Å². The number of halogens is 1. The maximum Gasteiger partial charge on any atom is 0.100 e. The molecule has 0 aromatic carbocycles. The highest BCUT2D eigenvalue weighted by Gasteiger charge is 2.02. The number of hydrogen-bond acceptors (Lipinski definition) is 0. The van der Waals surface area contributed by atoms with Crippen molar-refractivity contribution in [1.82, 2.24) is 0 Å². The van der Waals surface area contributed by atoms with Gasteiger partial charge in [0.25, 0.3) is 0 Å². The summed E-state index contributed by atoms with van der Waals surface area (Å²) in [6, 6.07) is 0. The van der Waals surface area contributed by atoms with Gasteiger partial charge in [-0.2, -0.15) is 0 Å². The monoisotopic (exact) mass is 170 g/mol. The zero-order chi connectivity index (χ0) is 9.40. The summed E-state index contributed by atoms with van der Waals surface area (Å²) in [7, 11) is 0. The van der Waals surface area contributed by atoms with Crippen LogP contribution in [0.15, 0.2) is 23.6 Å². The van der Waals surface area contributed by atoms with Gasteiger partial charge in [0.2, 0.25) is 0 Å². The summed E-state index contributed by atoms with van der Waals surface area (Å²) in [5.74, 6) is 0.0206. The summed E-state index contributed by atoms with van der Waals surface area (Å²) in [6.07, 6.45) is 7.30. The van der Waals surface area contributed by atoms with Crippen molar-refractivity contribution in [3.63, 3.8) is 0 Å². The molecule has 0 bridgehead atoms. The van der Waals surface area contributed by atoms with Gasteiger partial charge in [-0.3, -0.25) is 0 Å². The Labute approximate surface area is 75.2 Å². The highest BCUT2D eigenvalue weighted by atomic mass is 19.1. The van der Waals surface area contributed by atoms with E-state index in [0.29, 0.717) is 6.42 Å². The summed E-state index contributed by atoms with van der Waals surface area (Å²) >= 11 is 0. The molecular formula is C11H19F. The van der Waals surface area contributed by atoms with Crippen molar-refractivity contribution in [3.8, 4) is 0 Å². The number of rotatable bonds is 1. The zero-order valence-corrected chi connectivity index (χ0v) is 8.36. The van der Waals surface area contributed by atoms with Gasteiger partial charge in [-0.05, 0) is 18.9 Å². The molecule has 1 rings (SSSR count). The van der Waals surface area contributed by atoms with Crippen molar-refractivity contribution >= 4 is 0 Å². The van der Waals surface area contributed by atoms with E-state index in [-0.39, 0.29) is 5.83 Å². The molecule has 0 aromatic heterocycles.